The molecule has 1 fully saturated rings. The van der Waals surface area contributed by atoms with Gasteiger partial charge in [-0.1, -0.05) is 29.3 Å². The number of benzene rings is 2. The molecule has 0 radical (unpaired) electrons. The maximum absolute atomic E-state index is 13.4. The van der Waals surface area contributed by atoms with E-state index in [1.54, 1.807) is 24.3 Å². The third kappa shape index (κ3) is 7.88. The largest absolute Gasteiger partial charge is 0.484 e. The van der Waals surface area contributed by atoms with E-state index in [1.807, 2.05) is 0 Å². The fourth-order valence-electron chi connectivity index (χ4n) is 3.51. The van der Waals surface area contributed by atoms with Gasteiger partial charge in [-0.2, -0.15) is 0 Å². The molecule has 0 atom stereocenters. The van der Waals surface area contributed by atoms with Gasteiger partial charge in [0.2, 0.25) is 0 Å². The van der Waals surface area contributed by atoms with Gasteiger partial charge in [0, 0.05) is 23.7 Å². The van der Waals surface area contributed by atoms with E-state index in [9.17, 15) is 14.0 Å². The minimum Gasteiger partial charge on any atom is -0.484 e. The first kappa shape index (κ1) is 24.1. The molecule has 0 spiro atoms. The highest BCUT2D eigenvalue weighted by Gasteiger charge is 2.23. The fourth-order valence-corrected chi connectivity index (χ4v) is 3.81. The van der Waals surface area contributed by atoms with Crippen LogP contribution in [0.2, 0.25) is 10.0 Å². The van der Waals surface area contributed by atoms with Crippen LogP contribution in [0.15, 0.2) is 42.5 Å². The van der Waals surface area contributed by atoms with Gasteiger partial charge in [-0.15, -0.1) is 0 Å². The Morgan fingerprint density at radius 1 is 0.938 bits per heavy atom. The number of rotatable bonds is 9. The second-order valence-electron chi connectivity index (χ2n) is 7.70. The maximum atomic E-state index is 13.4. The molecule has 0 aliphatic heterocycles. The van der Waals surface area contributed by atoms with Crippen molar-refractivity contribution in [1.82, 2.24) is 10.6 Å². The topological polar surface area (TPSA) is 76.7 Å². The van der Waals surface area contributed by atoms with Crippen molar-refractivity contribution in [2.24, 2.45) is 5.92 Å². The third-order valence-corrected chi connectivity index (χ3v) is 5.77. The Labute approximate surface area is 196 Å². The van der Waals surface area contributed by atoms with Gasteiger partial charge in [0.25, 0.3) is 11.8 Å². The summed E-state index contributed by atoms with van der Waals surface area (Å²) in [6, 6.07) is 11.0. The Hall–Kier alpha value is -2.51. The van der Waals surface area contributed by atoms with E-state index in [1.165, 1.54) is 12.1 Å². The SMILES string of the molecule is O=C(COc1cccc(Cl)c1)NCC1CCC(NC(=O)COc2ccc(Cl)c(F)c2)CC1. The van der Waals surface area contributed by atoms with Gasteiger partial charge in [0.05, 0.1) is 5.02 Å². The first-order valence-corrected chi connectivity index (χ1v) is 11.2. The monoisotopic (exact) mass is 482 g/mol. The number of carbonyl (C=O) groups excluding carboxylic acids is 2. The average molecular weight is 483 g/mol. The molecule has 2 aromatic rings. The number of hydrogen-bond donors (Lipinski definition) is 2. The lowest BCUT2D eigenvalue weighted by Gasteiger charge is -2.29. The molecule has 0 heterocycles. The Balaban J connectivity index is 1.29. The first-order chi connectivity index (χ1) is 15.4. The van der Waals surface area contributed by atoms with E-state index in [0.29, 0.717) is 23.2 Å². The summed E-state index contributed by atoms with van der Waals surface area (Å²) in [5.74, 6) is 0.124. The highest BCUT2D eigenvalue weighted by Crippen LogP contribution is 2.24. The molecule has 0 bridgehead atoms. The van der Waals surface area contributed by atoms with Crippen molar-refractivity contribution in [1.29, 1.82) is 0 Å². The molecule has 2 N–H and O–H groups in total. The smallest absolute Gasteiger partial charge is 0.258 e. The van der Waals surface area contributed by atoms with Crippen molar-refractivity contribution >= 4 is 35.0 Å². The molecule has 0 aromatic heterocycles. The Kier molecular flexibility index (Phi) is 9.00. The number of hydrogen-bond acceptors (Lipinski definition) is 4. The Morgan fingerprint density at radius 3 is 2.31 bits per heavy atom. The molecule has 9 heteroatoms. The van der Waals surface area contributed by atoms with Crippen LogP contribution < -0.4 is 20.1 Å². The highest BCUT2D eigenvalue weighted by atomic mass is 35.5. The van der Waals surface area contributed by atoms with Crippen LogP contribution in [-0.2, 0) is 9.59 Å². The molecule has 2 aromatic carbocycles. The minimum atomic E-state index is -0.592. The van der Waals surface area contributed by atoms with Crippen LogP contribution in [0.5, 0.6) is 11.5 Å². The molecular formula is C23H25Cl2FN2O4. The molecule has 1 saturated carbocycles. The van der Waals surface area contributed by atoms with E-state index < -0.39 is 5.82 Å². The molecule has 0 saturated heterocycles. The summed E-state index contributed by atoms with van der Waals surface area (Å²) < 4.78 is 24.2. The fraction of sp³-hybridized carbons (Fsp3) is 0.391. The summed E-state index contributed by atoms with van der Waals surface area (Å²) in [5.41, 5.74) is 0. The zero-order valence-corrected chi connectivity index (χ0v) is 18.9. The van der Waals surface area contributed by atoms with Crippen LogP contribution in [0.1, 0.15) is 25.7 Å². The van der Waals surface area contributed by atoms with Gasteiger partial charge >= 0.3 is 0 Å². The lowest BCUT2D eigenvalue weighted by molar-refractivity contribution is -0.124. The van der Waals surface area contributed by atoms with Crippen LogP contribution in [0.4, 0.5) is 4.39 Å². The van der Waals surface area contributed by atoms with Crippen molar-refractivity contribution < 1.29 is 23.5 Å². The van der Waals surface area contributed by atoms with Crippen LogP contribution >= 0.6 is 23.2 Å². The summed E-state index contributed by atoms with van der Waals surface area (Å²) in [6.07, 6.45) is 3.43. The minimum absolute atomic E-state index is 0.00313. The molecule has 1 aliphatic rings. The van der Waals surface area contributed by atoms with Gasteiger partial charge < -0.3 is 20.1 Å². The molecule has 32 heavy (non-hydrogen) atoms. The molecule has 2 amide bonds. The molecule has 6 nitrogen and oxygen atoms in total. The van der Waals surface area contributed by atoms with Crippen LogP contribution in [0, 0.1) is 11.7 Å². The predicted octanol–water partition coefficient (Wildman–Crippen LogP) is 4.38. The molecule has 1 aliphatic carbocycles. The van der Waals surface area contributed by atoms with Gasteiger partial charge in [-0.3, -0.25) is 9.59 Å². The van der Waals surface area contributed by atoms with Crippen molar-refractivity contribution in [2.75, 3.05) is 19.8 Å². The van der Waals surface area contributed by atoms with Crippen LogP contribution in [0.3, 0.4) is 0 Å². The van der Waals surface area contributed by atoms with Crippen molar-refractivity contribution in [3.05, 3.63) is 58.3 Å². The van der Waals surface area contributed by atoms with E-state index in [0.717, 1.165) is 31.7 Å². The van der Waals surface area contributed by atoms with Crippen molar-refractivity contribution in [2.45, 2.75) is 31.7 Å². The lowest BCUT2D eigenvalue weighted by Crippen LogP contribution is -2.42. The quantitative estimate of drug-likeness (QED) is 0.555. The van der Waals surface area contributed by atoms with Gasteiger partial charge in [0.15, 0.2) is 13.2 Å². The standard InChI is InChI=1S/C23H25Cl2FN2O4/c24-16-2-1-3-18(10-16)31-13-22(29)27-12-15-4-6-17(7-5-15)28-23(30)14-32-19-8-9-20(25)21(26)11-19/h1-3,8-11,15,17H,4-7,12-14H2,(H,27,29)(H,28,30). The van der Waals surface area contributed by atoms with Gasteiger partial charge in [0.1, 0.15) is 17.3 Å². The van der Waals surface area contributed by atoms with Crippen molar-refractivity contribution in [3.63, 3.8) is 0 Å². The number of halogens is 3. The summed E-state index contributed by atoms with van der Waals surface area (Å²) in [7, 11) is 0. The normalized spacial score (nSPS) is 18.0. The zero-order chi connectivity index (χ0) is 22.9. The van der Waals surface area contributed by atoms with Crippen LogP contribution in [-0.4, -0.2) is 37.6 Å². The van der Waals surface area contributed by atoms with Gasteiger partial charge in [-0.25, -0.2) is 4.39 Å². The molecule has 0 unspecified atom stereocenters. The third-order valence-electron chi connectivity index (χ3n) is 5.23. The highest BCUT2D eigenvalue weighted by molar-refractivity contribution is 6.31. The van der Waals surface area contributed by atoms with E-state index >= 15 is 0 Å². The summed E-state index contributed by atoms with van der Waals surface area (Å²) in [5, 5.41) is 6.39. The summed E-state index contributed by atoms with van der Waals surface area (Å²) >= 11 is 11.5. The molecule has 3 rings (SSSR count). The van der Waals surface area contributed by atoms with Gasteiger partial charge in [-0.05, 0) is 61.9 Å². The van der Waals surface area contributed by atoms with Crippen molar-refractivity contribution in [3.8, 4) is 11.5 Å². The summed E-state index contributed by atoms with van der Waals surface area (Å²) in [4.78, 5) is 24.1. The average Bonchev–Trinajstić information content (AvgIpc) is 2.78. The molecule has 172 valence electrons. The number of amides is 2. The van der Waals surface area contributed by atoms with E-state index in [2.05, 4.69) is 10.6 Å². The number of carbonyl (C=O) groups is 2. The number of nitrogens with one attached hydrogen (secondary N) is 2. The maximum Gasteiger partial charge on any atom is 0.258 e. The molecular weight excluding hydrogens is 458 g/mol. The lowest BCUT2D eigenvalue weighted by atomic mass is 9.86. The zero-order valence-electron chi connectivity index (χ0n) is 17.4. The number of ether oxygens (including phenoxy) is 2. The second kappa shape index (κ2) is 11.9. The second-order valence-corrected chi connectivity index (χ2v) is 8.54. The summed E-state index contributed by atoms with van der Waals surface area (Å²) in [6.45, 7) is 0.316. The van der Waals surface area contributed by atoms with E-state index in [4.69, 9.17) is 32.7 Å². The first-order valence-electron chi connectivity index (χ1n) is 10.4. The predicted molar refractivity (Wildman–Crippen MR) is 121 cm³/mol. The van der Waals surface area contributed by atoms with E-state index in [-0.39, 0.29) is 41.8 Å². The Bertz CT molecular complexity index is 936. The van der Waals surface area contributed by atoms with Crippen LogP contribution in [0.25, 0.3) is 0 Å². The Morgan fingerprint density at radius 2 is 1.62 bits per heavy atom.